The van der Waals surface area contributed by atoms with Gasteiger partial charge < -0.3 is 10.1 Å². The zero-order valence-corrected chi connectivity index (χ0v) is 11.1. The molecule has 6 heteroatoms. The van der Waals surface area contributed by atoms with Gasteiger partial charge in [0.1, 0.15) is 5.75 Å². The molecule has 0 aliphatic heterocycles. The van der Waals surface area contributed by atoms with Gasteiger partial charge in [-0.25, -0.2) is 0 Å². The molecule has 0 aliphatic carbocycles. The summed E-state index contributed by atoms with van der Waals surface area (Å²) in [6, 6.07) is 4.76. The van der Waals surface area contributed by atoms with Gasteiger partial charge in [-0.1, -0.05) is 41.4 Å². The van der Waals surface area contributed by atoms with Crippen LogP contribution < -0.4 is 10.1 Å². The van der Waals surface area contributed by atoms with E-state index in [1.54, 1.807) is 12.1 Å². The lowest BCUT2D eigenvalue weighted by molar-refractivity contribution is -0.122. The number of carbonyl (C=O) groups is 1. The minimum atomic E-state index is -0.308. The van der Waals surface area contributed by atoms with Gasteiger partial charge in [0.2, 0.25) is 0 Å². The minimum absolute atomic E-state index is 0.147. The Labute approximate surface area is 114 Å². The van der Waals surface area contributed by atoms with Crippen LogP contribution >= 0.6 is 34.8 Å². The zero-order chi connectivity index (χ0) is 12.8. The average Bonchev–Trinajstić information content (AvgIpc) is 2.25. The topological polar surface area (TPSA) is 38.3 Å². The fourth-order valence-corrected chi connectivity index (χ4v) is 1.51. The van der Waals surface area contributed by atoms with E-state index in [9.17, 15) is 4.79 Å². The number of amides is 1. The van der Waals surface area contributed by atoms with Crippen molar-refractivity contribution in [2.24, 2.45) is 0 Å². The van der Waals surface area contributed by atoms with E-state index >= 15 is 0 Å². The molecule has 0 heterocycles. The summed E-state index contributed by atoms with van der Waals surface area (Å²) in [4.78, 5) is 11.3. The number of halogens is 3. The largest absolute Gasteiger partial charge is 0.482 e. The highest BCUT2D eigenvalue weighted by molar-refractivity contribution is 6.35. The van der Waals surface area contributed by atoms with Gasteiger partial charge in [-0.3, -0.25) is 4.79 Å². The van der Waals surface area contributed by atoms with Crippen molar-refractivity contribution in [3.05, 3.63) is 39.9 Å². The molecule has 0 aromatic heterocycles. The van der Waals surface area contributed by atoms with E-state index in [1.165, 1.54) is 6.07 Å². The van der Waals surface area contributed by atoms with Crippen LogP contribution in [0, 0.1) is 0 Å². The second-order valence-corrected chi connectivity index (χ2v) is 4.54. The molecule has 1 rings (SSSR count). The van der Waals surface area contributed by atoms with Gasteiger partial charge in [0.05, 0.1) is 11.6 Å². The van der Waals surface area contributed by atoms with Crippen molar-refractivity contribution in [3.8, 4) is 5.75 Å². The molecule has 0 saturated carbocycles. The Balaban J connectivity index is 2.44. The van der Waals surface area contributed by atoms with Crippen molar-refractivity contribution in [2.45, 2.75) is 0 Å². The van der Waals surface area contributed by atoms with Gasteiger partial charge in [-0.2, -0.15) is 0 Å². The first-order valence-electron chi connectivity index (χ1n) is 4.67. The fraction of sp³-hybridized carbons (Fsp3) is 0.182. The molecule has 3 nitrogen and oxygen atoms in total. The first-order chi connectivity index (χ1) is 7.99. The molecule has 0 atom stereocenters. The van der Waals surface area contributed by atoms with Crippen LogP contribution in [0.25, 0.3) is 0 Å². The quantitative estimate of drug-likeness (QED) is 0.905. The molecule has 92 valence electrons. The molecule has 0 bridgehead atoms. The van der Waals surface area contributed by atoms with Crippen molar-refractivity contribution in [1.82, 2.24) is 5.32 Å². The summed E-state index contributed by atoms with van der Waals surface area (Å²) in [6.45, 7) is 3.50. The van der Waals surface area contributed by atoms with Gasteiger partial charge >= 0.3 is 0 Å². The molecule has 0 unspecified atom stereocenters. The Kier molecular flexibility index (Phi) is 5.62. The maximum atomic E-state index is 11.3. The van der Waals surface area contributed by atoms with Crippen molar-refractivity contribution < 1.29 is 9.53 Å². The molecule has 0 spiro atoms. The van der Waals surface area contributed by atoms with Gasteiger partial charge in [-0.05, 0) is 18.2 Å². The summed E-state index contributed by atoms with van der Waals surface area (Å²) in [5.41, 5.74) is 0. The maximum Gasteiger partial charge on any atom is 0.258 e. The number of carbonyl (C=O) groups excluding carboxylic acids is 1. The van der Waals surface area contributed by atoms with E-state index in [1.807, 2.05) is 0 Å². The number of ether oxygens (including phenoxy) is 1. The predicted octanol–water partition coefficient (Wildman–Crippen LogP) is 3.24. The Bertz CT molecular complexity index is 435. The minimum Gasteiger partial charge on any atom is -0.482 e. The van der Waals surface area contributed by atoms with E-state index in [4.69, 9.17) is 39.5 Å². The van der Waals surface area contributed by atoms with Crippen LogP contribution in [0.4, 0.5) is 0 Å². The van der Waals surface area contributed by atoms with Gasteiger partial charge in [0.25, 0.3) is 5.91 Å². The molecule has 0 radical (unpaired) electrons. The molecule has 1 N–H and O–H groups in total. The zero-order valence-electron chi connectivity index (χ0n) is 8.80. The van der Waals surface area contributed by atoms with Crippen LogP contribution in [0.3, 0.4) is 0 Å². The first kappa shape index (κ1) is 14.2. The Morgan fingerprint density at radius 3 is 2.71 bits per heavy atom. The standard InChI is InChI=1S/C11H10Cl3NO2/c1-7(12)5-15-11(16)6-17-10-3-2-8(13)4-9(10)14/h2-4H,1,5-6H2,(H,15,16). The molecule has 0 aliphatic rings. The van der Waals surface area contributed by atoms with E-state index < -0.39 is 0 Å². The highest BCUT2D eigenvalue weighted by atomic mass is 35.5. The van der Waals surface area contributed by atoms with Gasteiger partial charge in [-0.15, -0.1) is 0 Å². The number of hydrogen-bond acceptors (Lipinski definition) is 2. The highest BCUT2D eigenvalue weighted by Crippen LogP contribution is 2.27. The lowest BCUT2D eigenvalue weighted by Gasteiger charge is -2.08. The van der Waals surface area contributed by atoms with E-state index in [2.05, 4.69) is 11.9 Å². The summed E-state index contributed by atoms with van der Waals surface area (Å²) < 4.78 is 5.21. The van der Waals surface area contributed by atoms with Crippen LogP contribution in [0.2, 0.25) is 10.0 Å². The second-order valence-electron chi connectivity index (χ2n) is 3.16. The van der Waals surface area contributed by atoms with Crippen LogP contribution in [-0.4, -0.2) is 19.1 Å². The van der Waals surface area contributed by atoms with E-state index in [-0.39, 0.29) is 19.1 Å². The number of benzene rings is 1. The number of hydrogen-bond donors (Lipinski definition) is 1. The second kappa shape index (κ2) is 6.74. The normalized spacial score (nSPS) is 9.82. The smallest absolute Gasteiger partial charge is 0.258 e. The molecular weight excluding hydrogens is 284 g/mol. The SMILES string of the molecule is C=C(Cl)CNC(=O)COc1ccc(Cl)cc1Cl. The van der Waals surface area contributed by atoms with Crippen molar-refractivity contribution in [1.29, 1.82) is 0 Å². The van der Waals surface area contributed by atoms with Crippen LogP contribution in [0.5, 0.6) is 5.75 Å². The third-order valence-corrected chi connectivity index (χ3v) is 2.39. The van der Waals surface area contributed by atoms with E-state index in [0.29, 0.717) is 20.8 Å². The molecule has 1 aromatic rings. The average molecular weight is 295 g/mol. The summed E-state index contributed by atoms with van der Waals surface area (Å²) in [5, 5.41) is 3.73. The summed E-state index contributed by atoms with van der Waals surface area (Å²) in [6.07, 6.45) is 0. The molecule has 1 amide bonds. The van der Waals surface area contributed by atoms with Crippen LogP contribution in [-0.2, 0) is 4.79 Å². The molecule has 1 aromatic carbocycles. The highest BCUT2D eigenvalue weighted by Gasteiger charge is 2.06. The molecular formula is C11H10Cl3NO2. The number of rotatable bonds is 5. The first-order valence-corrected chi connectivity index (χ1v) is 5.80. The van der Waals surface area contributed by atoms with Crippen molar-refractivity contribution in [3.63, 3.8) is 0 Å². The molecule has 0 fully saturated rings. The lowest BCUT2D eigenvalue weighted by Crippen LogP contribution is -2.29. The number of nitrogens with one attached hydrogen (secondary N) is 1. The van der Waals surface area contributed by atoms with Gasteiger partial charge in [0.15, 0.2) is 6.61 Å². The van der Waals surface area contributed by atoms with Gasteiger partial charge in [0, 0.05) is 10.1 Å². The monoisotopic (exact) mass is 293 g/mol. The predicted molar refractivity (Wildman–Crippen MR) is 70.0 cm³/mol. The summed E-state index contributed by atoms with van der Waals surface area (Å²) in [7, 11) is 0. The Morgan fingerprint density at radius 1 is 1.41 bits per heavy atom. The van der Waals surface area contributed by atoms with Crippen LogP contribution in [0.1, 0.15) is 0 Å². The van der Waals surface area contributed by atoms with E-state index in [0.717, 1.165) is 0 Å². The van der Waals surface area contributed by atoms with Crippen molar-refractivity contribution >= 4 is 40.7 Å². The third-order valence-electron chi connectivity index (χ3n) is 1.73. The summed E-state index contributed by atoms with van der Waals surface area (Å²) in [5.74, 6) is 0.0914. The Morgan fingerprint density at radius 2 is 2.12 bits per heavy atom. The Hall–Kier alpha value is -0.900. The van der Waals surface area contributed by atoms with Crippen molar-refractivity contribution in [2.75, 3.05) is 13.2 Å². The third kappa shape index (κ3) is 5.31. The van der Waals surface area contributed by atoms with Crippen LogP contribution in [0.15, 0.2) is 29.8 Å². The molecule has 0 saturated heterocycles. The lowest BCUT2D eigenvalue weighted by atomic mass is 10.3. The molecule has 17 heavy (non-hydrogen) atoms. The summed E-state index contributed by atoms with van der Waals surface area (Å²) >= 11 is 17.1. The maximum absolute atomic E-state index is 11.3. The fourth-order valence-electron chi connectivity index (χ4n) is 0.981.